The van der Waals surface area contributed by atoms with E-state index in [0.717, 1.165) is 13.1 Å². The fraction of sp³-hybridized carbons (Fsp3) is 1.00. The minimum atomic E-state index is 0.870. The van der Waals surface area contributed by atoms with Gasteiger partial charge in [0.05, 0.1) is 0 Å². The lowest BCUT2D eigenvalue weighted by Gasteiger charge is -2.02. The van der Waals surface area contributed by atoms with Crippen LogP contribution in [0, 0.1) is 0 Å². The molecule has 0 rings (SSSR count). The van der Waals surface area contributed by atoms with Gasteiger partial charge in [-0.25, -0.2) is 0 Å². The maximum atomic E-state index is 5.47. The first-order valence-corrected chi connectivity index (χ1v) is 13.2. The van der Waals surface area contributed by atoms with Gasteiger partial charge in [-0.1, -0.05) is 142 Å². The largest absolute Gasteiger partial charge is 0.330 e. The van der Waals surface area contributed by atoms with Crippen molar-refractivity contribution < 1.29 is 0 Å². The summed E-state index contributed by atoms with van der Waals surface area (Å²) in [7, 11) is 0. The third-order valence-corrected chi connectivity index (χ3v) is 5.62. The van der Waals surface area contributed by atoms with Gasteiger partial charge in [-0.15, -0.1) is 0 Å². The van der Waals surface area contributed by atoms with Gasteiger partial charge in [0.2, 0.25) is 0 Å². The summed E-state index contributed by atoms with van der Waals surface area (Å²) in [5, 5.41) is 0. The van der Waals surface area contributed by atoms with Crippen LogP contribution >= 0.6 is 0 Å². The molecule has 172 valence electrons. The Morgan fingerprint density at radius 2 is 0.464 bits per heavy atom. The van der Waals surface area contributed by atoms with Crippen molar-refractivity contribution in [2.24, 2.45) is 11.5 Å². The predicted molar refractivity (Wildman–Crippen MR) is 131 cm³/mol. The average molecular weight is 399 g/mol. The van der Waals surface area contributed by atoms with Gasteiger partial charge in [-0.2, -0.15) is 0 Å². The summed E-state index contributed by atoms with van der Waals surface area (Å²) in [5.41, 5.74) is 10.9. The number of nitrogens with two attached hydrogens (primary N) is 2. The quantitative estimate of drug-likeness (QED) is 0.179. The number of hydrogen-bond donors (Lipinski definition) is 2. The zero-order chi connectivity index (χ0) is 21.0. The van der Waals surface area contributed by atoms with E-state index in [1.54, 1.807) is 0 Å². The second kappa shape index (κ2) is 31.6. The highest BCUT2D eigenvalue weighted by atomic mass is 14.5. The van der Waals surface area contributed by atoms with Crippen LogP contribution in [0.2, 0.25) is 0 Å². The Morgan fingerprint density at radius 3 is 0.643 bits per heavy atom. The highest BCUT2D eigenvalue weighted by molar-refractivity contribution is 4.49. The summed E-state index contributed by atoms with van der Waals surface area (Å²) in [5.74, 6) is 0. The van der Waals surface area contributed by atoms with Crippen LogP contribution in [-0.4, -0.2) is 13.1 Å². The minimum Gasteiger partial charge on any atom is -0.330 e. The van der Waals surface area contributed by atoms with Gasteiger partial charge in [-0.05, 0) is 25.9 Å². The van der Waals surface area contributed by atoms with Crippen LogP contribution in [0.5, 0.6) is 0 Å². The summed E-state index contributed by atoms with van der Waals surface area (Å²) < 4.78 is 0. The number of hydrogen-bond acceptors (Lipinski definition) is 2. The molecule has 0 radical (unpaired) electrons. The Morgan fingerprint density at radius 1 is 0.286 bits per heavy atom. The van der Waals surface area contributed by atoms with E-state index >= 15 is 0 Å². The van der Waals surface area contributed by atoms with E-state index in [-0.39, 0.29) is 0 Å². The number of unbranched alkanes of at least 4 members (excludes halogenated alkanes) is 20. The van der Waals surface area contributed by atoms with Crippen LogP contribution in [0.4, 0.5) is 0 Å². The van der Waals surface area contributed by atoms with Gasteiger partial charge in [-0.3, -0.25) is 0 Å². The highest BCUT2D eigenvalue weighted by Crippen LogP contribution is 2.12. The molecule has 0 amide bonds. The molecule has 0 unspecified atom stereocenters. The van der Waals surface area contributed by atoms with E-state index in [2.05, 4.69) is 13.8 Å². The van der Waals surface area contributed by atoms with Gasteiger partial charge in [0.1, 0.15) is 0 Å². The lowest BCUT2D eigenvalue weighted by atomic mass is 10.0. The van der Waals surface area contributed by atoms with Gasteiger partial charge in [0.15, 0.2) is 0 Å². The standard InChI is InChI=1S/C16H35N.C10H23N/c1-2-3-4-5-6-7-8-9-10-11-12-13-14-15-16-17;1-2-3-4-5-6-7-8-9-10-11/h2-17H2,1H3;2-11H2,1H3. The maximum Gasteiger partial charge on any atom is -0.00773 e. The smallest absolute Gasteiger partial charge is 0.00773 e. The lowest BCUT2D eigenvalue weighted by molar-refractivity contribution is 0.536. The zero-order valence-corrected chi connectivity index (χ0v) is 20.1. The summed E-state index contributed by atoms with van der Waals surface area (Å²) in [6.45, 7) is 6.29. The van der Waals surface area contributed by atoms with Crippen LogP contribution < -0.4 is 11.5 Å². The monoisotopic (exact) mass is 398 g/mol. The van der Waals surface area contributed by atoms with Crippen molar-refractivity contribution in [1.29, 1.82) is 0 Å². The topological polar surface area (TPSA) is 52.0 Å². The van der Waals surface area contributed by atoms with E-state index in [9.17, 15) is 0 Å². The van der Waals surface area contributed by atoms with Crippen molar-refractivity contribution >= 4 is 0 Å². The fourth-order valence-electron chi connectivity index (χ4n) is 3.62. The molecule has 0 aromatic heterocycles. The van der Waals surface area contributed by atoms with Gasteiger partial charge < -0.3 is 11.5 Å². The molecule has 2 heteroatoms. The van der Waals surface area contributed by atoms with Crippen molar-refractivity contribution in [2.75, 3.05) is 13.1 Å². The van der Waals surface area contributed by atoms with Crippen molar-refractivity contribution in [3.8, 4) is 0 Å². The van der Waals surface area contributed by atoms with Crippen molar-refractivity contribution in [1.82, 2.24) is 0 Å². The first kappa shape index (κ1) is 30.1. The molecule has 0 atom stereocenters. The molecular formula is C26H58N2. The van der Waals surface area contributed by atoms with Crippen LogP contribution in [-0.2, 0) is 0 Å². The van der Waals surface area contributed by atoms with E-state index in [4.69, 9.17) is 11.5 Å². The molecular weight excluding hydrogens is 340 g/mol. The SMILES string of the molecule is CCCCCCCCCCCCCCCCN.CCCCCCCCCCN. The molecule has 0 bridgehead atoms. The van der Waals surface area contributed by atoms with Crippen molar-refractivity contribution in [3.05, 3.63) is 0 Å². The molecule has 0 saturated heterocycles. The molecule has 0 aliphatic carbocycles. The summed E-state index contributed by atoms with van der Waals surface area (Å²) in [6.07, 6.45) is 30.9. The molecule has 28 heavy (non-hydrogen) atoms. The van der Waals surface area contributed by atoms with E-state index < -0.39 is 0 Å². The van der Waals surface area contributed by atoms with Gasteiger partial charge in [0, 0.05) is 0 Å². The van der Waals surface area contributed by atoms with E-state index in [1.165, 1.54) is 141 Å². The normalized spacial score (nSPS) is 10.7. The molecule has 2 nitrogen and oxygen atoms in total. The lowest BCUT2D eigenvalue weighted by Crippen LogP contribution is -1.97. The van der Waals surface area contributed by atoms with Gasteiger partial charge >= 0.3 is 0 Å². The first-order chi connectivity index (χ1) is 13.8. The molecule has 0 aliphatic heterocycles. The summed E-state index contributed by atoms with van der Waals surface area (Å²) in [4.78, 5) is 0. The second-order valence-electron chi connectivity index (χ2n) is 8.65. The van der Waals surface area contributed by atoms with E-state index in [0.29, 0.717) is 0 Å². The van der Waals surface area contributed by atoms with Crippen LogP contribution in [0.1, 0.15) is 155 Å². The summed E-state index contributed by atoms with van der Waals surface area (Å²) in [6, 6.07) is 0. The maximum absolute atomic E-state index is 5.47. The predicted octanol–water partition coefficient (Wildman–Crippen LogP) is 8.51. The Kier molecular flexibility index (Phi) is 34.0. The Labute approximate surface area is 180 Å². The van der Waals surface area contributed by atoms with Gasteiger partial charge in [0.25, 0.3) is 0 Å². The van der Waals surface area contributed by atoms with Crippen LogP contribution in [0.3, 0.4) is 0 Å². The average Bonchev–Trinajstić information content (AvgIpc) is 2.71. The molecule has 4 N–H and O–H groups in total. The van der Waals surface area contributed by atoms with Crippen LogP contribution in [0.15, 0.2) is 0 Å². The van der Waals surface area contributed by atoms with Crippen molar-refractivity contribution in [2.45, 2.75) is 155 Å². The first-order valence-electron chi connectivity index (χ1n) is 13.2. The summed E-state index contributed by atoms with van der Waals surface area (Å²) >= 11 is 0. The number of rotatable bonds is 22. The molecule has 0 aliphatic rings. The minimum absolute atomic E-state index is 0.870. The molecule has 0 fully saturated rings. The third-order valence-electron chi connectivity index (χ3n) is 5.62. The van der Waals surface area contributed by atoms with E-state index in [1.807, 2.05) is 0 Å². The molecule has 0 saturated carbocycles. The van der Waals surface area contributed by atoms with Crippen molar-refractivity contribution in [3.63, 3.8) is 0 Å². The fourth-order valence-corrected chi connectivity index (χ4v) is 3.62. The van der Waals surface area contributed by atoms with Crippen LogP contribution in [0.25, 0.3) is 0 Å². The Balaban J connectivity index is 0. The Bertz CT molecular complexity index is 208. The third kappa shape index (κ3) is 33.5. The Hall–Kier alpha value is -0.0800. The second-order valence-corrected chi connectivity index (χ2v) is 8.65. The molecule has 0 aromatic rings. The highest BCUT2D eigenvalue weighted by Gasteiger charge is 1.93. The molecule has 0 aromatic carbocycles. The zero-order valence-electron chi connectivity index (χ0n) is 20.1. The molecule has 0 heterocycles. The molecule has 0 spiro atoms.